The largest absolute Gasteiger partial charge is 0.326 e. The van der Waals surface area contributed by atoms with Crippen LogP contribution in [0.1, 0.15) is 12.5 Å². The van der Waals surface area contributed by atoms with Crippen molar-refractivity contribution in [1.29, 1.82) is 0 Å². The molecule has 2 N–H and O–H groups in total. The van der Waals surface area contributed by atoms with Gasteiger partial charge in [0.2, 0.25) is 0 Å². The van der Waals surface area contributed by atoms with Crippen molar-refractivity contribution < 1.29 is 4.39 Å². The van der Waals surface area contributed by atoms with Crippen LogP contribution in [0.3, 0.4) is 0 Å². The summed E-state index contributed by atoms with van der Waals surface area (Å²) in [5.74, 6) is 0.726. The van der Waals surface area contributed by atoms with E-state index in [9.17, 15) is 4.39 Å². The van der Waals surface area contributed by atoms with Crippen molar-refractivity contribution in [3.63, 3.8) is 0 Å². The zero-order valence-electron chi connectivity index (χ0n) is 7.01. The highest BCUT2D eigenvalue weighted by Crippen LogP contribution is 2.21. The quantitative estimate of drug-likeness (QED) is 0.732. The van der Waals surface area contributed by atoms with Gasteiger partial charge in [-0.05, 0) is 23.4 Å². The van der Waals surface area contributed by atoms with E-state index >= 15 is 0 Å². The minimum Gasteiger partial charge on any atom is -0.326 e. The minimum atomic E-state index is -0.162. The molecule has 0 unspecified atom stereocenters. The molecule has 0 aliphatic rings. The first-order chi connectivity index (χ1) is 5.77. The van der Waals surface area contributed by atoms with Crippen LogP contribution in [0.15, 0.2) is 23.1 Å². The third-order valence-corrected chi connectivity index (χ3v) is 2.46. The summed E-state index contributed by atoms with van der Waals surface area (Å²) in [4.78, 5) is 0.703. The highest BCUT2D eigenvalue weighted by molar-refractivity contribution is 7.99. The molecule has 1 aromatic rings. The van der Waals surface area contributed by atoms with Crippen LogP contribution in [0.25, 0.3) is 0 Å². The molecule has 66 valence electrons. The van der Waals surface area contributed by atoms with Crippen LogP contribution in [0.2, 0.25) is 0 Å². The highest BCUT2D eigenvalue weighted by atomic mass is 32.2. The third kappa shape index (κ3) is 2.22. The molecule has 12 heavy (non-hydrogen) atoms. The Morgan fingerprint density at radius 2 is 2.25 bits per heavy atom. The smallest absolute Gasteiger partial charge is 0.137 e. The summed E-state index contributed by atoms with van der Waals surface area (Å²) >= 11 is 1.51. The number of benzene rings is 1. The molecule has 3 heteroatoms. The van der Waals surface area contributed by atoms with Gasteiger partial charge in [-0.15, -0.1) is 11.8 Å². The van der Waals surface area contributed by atoms with E-state index in [4.69, 9.17) is 5.73 Å². The molecule has 1 aromatic carbocycles. The lowest BCUT2D eigenvalue weighted by Gasteiger charge is -2.02. The van der Waals surface area contributed by atoms with Crippen molar-refractivity contribution in [1.82, 2.24) is 0 Å². The third-order valence-electron chi connectivity index (χ3n) is 1.53. The van der Waals surface area contributed by atoms with E-state index in [2.05, 4.69) is 0 Å². The SMILES string of the molecule is CCSc1ccc(CN)cc1F. The van der Waals surface area contributed by atoms with Crippen molar-refractivity contribution in [2.24, 2.45) is 5.73 Å². The maximum atomic E-state index is 13.1. The monoisotopic (exact) mass is 185 g/mol. The first-order valence-electron chi connectivity index (χ1n) is 3.89. The fraction of sp³-hybridized carbons (Fsp3) is 0.333. The van der Waals surface area contributed by atoms with Crippen LogP contribution >= 0.6 is 11.8 Å². The number of thioether (sulfide) groups is 1. The van der Waals surface area contributed by atoms with Crippen LogP contribution in [0.5, 0.6) is 0 Å². The van der Waals surface area contributed by atoms with Gasteiger partial charge in [0.05, 0.1) is 0 Å². The Bertz CT molecular complexity index is 263. The summed E-state index contributed by atoms with van der Waals surface area (Å²) in [5, 5.41) is 0. The zero-order valence-corrected chi connectivity index (χ0v) is 7.83. The zero-order chi connectivity index (χ0) is 8.97. The number of rotatable bonds is 3. The van der Waals surface area contributed by atoms with Crippen LogP contribution in [-0.2, 0) is 6.54 Å². The maximum Gasteiger partial charge on any atom is 0.137 e. The highest BCUT2D eigenvalue weighted by Gasteiger charge is 2.01. The second kappa shape index (κ2) is 4.48. The number of hydrogen-bond acceptors (Lipinski definition) is 2. The van der Waals surface area contributed by atoms with Gasteiger partial charge in [-0.2, -0.15) is 0 Å². The molecule has 0 atom stereocenters. The molecule has 1 rings (SSSR count). The predicted octanol–water partition coefficient (Wildman–Crippen LogP) is 2.40. The summed E-state index contributed by atoms with van der Waals surface area (Å²) in [5.41, 5.74) is 6.21. The lowest BCUT2D eigenvalue weighted by atomic mass is 10.2. The number of hydrogen-bond donors (Lipinski definition) is 1. The van der Waals surface area contributed by atoms with E-state index in [0.717, 1.165) is 11.3 Å². The summed E-state index contributed by atoms with van der Waals surface area (Å²) in [6.45, 7) is 2.40. The number of nitrogens with two attached hydrogens (primary N) is 1. The van der Waals surface area contributed by atoms with Gasteiger partial charge in [0, 0.05) is 11.4 Å². The van der Waals surface area contributed by atoms with Crippen molar-refractivity contribution in [3.05, 3.63) is 29.6 Å². The first kappa shape index (κ1) is 9.55. The molecule has 0 aliphatic heterocycles. The Kier molecular flexibility index (Phi) is 3.56. The second-order valence-electron chi connectivity index (χ2n) is 2.40. The van der Waals surface area contributed by atoms with Gasteiger partial charge < -0.3 is 5.73 Å². The summed E-state index contributed by atoms with van der Waals surface area (Å²) in [6, 6.07) is 5.14. The van der Waals surface area contributed by atoms with Crippen molar-refractivity contribution in [2.75, 3.05) is 5.75 Å². The molecule has 0 radical (unpaired) electrons. The molecule has 0 aliphatic carbocycles. The predicted molar refractivity (Wildman–Crippen MR) is 50.7 cm³/mol. The van der Waals surface area contributed by atoms with E-state index < -0.39 is 0 Å². The van der Waals surface area contributed by atoms with Crippen LogP contribution in [0.4, 0.5) is 4.39 Å². The van der Waals surface area contributed by atoms with Gasteiger partial charge in [-0.25, -0.2) is 4.39 Å². The molecule has 0 saturated heterocycles. The molecule has 0 amide bonds. The Morgan fingerprint density at radius 3 is 2.75 bits per heavy atom. The second-order valence-corrected chi connectivity index (χ2v) is 3.71. The van der Waals surface area contributed by atoms with Gasteiger partial charge in [-0.1, -0.05) is 13.0 Å². The lowest BCUT2D eigenvalue weighted by molar-refractivity contribution is 0.599. The fourth-order valence-electron chi connectivity index (χ4n) is 0.944. The standard InChI is InChI=1S/C9H12FNS/c1-2-12-9-4-3-7(6-11)5-8(9)10/h3-5H,2,6,11H2,1H3. The normalized spacial score (nSPS) is 10.2. The van der Waals surface area contributed by atoms with E-state index in [1.54, 1.807) is 6.07 Å². The first-order valence-corrected chi connectivity index (χ1v) is 4.87. The summed E-state index contributed by atoms with van der Waals surface area (Å²) in [7, 11) is 0. The van der Waals surface area contributed by atoms with Gasteiger partial charge in [-0.3, -0.25) is 0 Å². The molecule has 0 bridgehead atoms. The summed E-state index contributed by atoms with van der Waals surface area (Å²) < 4.78 is 13.1. The Morgan fingerprint density at radius 1 is 1.50 bits per heavy atom. The van der Waals surface area contributed by atoms with Crippen LogP contribution in [0, 0.1) is 5.82 Å². The van der Waals surface area contributed by atoms with Gasteiger partial charge >= 0.3 is 0 Å². The van der Waals surface area contributed by atoms with E-state index in [0.29, 0.717) is 11.4 Å². The van der Waals surface area contributed by atoms with Crippen molar-refractivity contribution >= 4 is 11.8 Å². The van der Waals surface area contributed by atoms with Gasteiger partial charge in [0.1, 0.15) is 5.82 Å². The molecular weight excluding hydrogens is 173 g/mol. The maximum absolute atomic E-state index is 13.1. The Labute approximate surface area is 76.2 Å². The molecule has 0 heterocycles. The molecule has 0 aromatic heterocycles. The summed E-state index contributed by atoms with van der Waals surface area (Å²) in [6.07, 6.45) is 0. The van der Waals surface area contributed by atoms with E-state index in [-0.39, 0.29) is 5.82 Å². The Balaban J connectivity index is 2.87. The molecule has 1 nitrogen and oxygen atoms in total. The van der Waals surface area contributed by atoms with Crippen LogP contribution < -0.4 is 5.73 Å². The Hall–Kier alpha value is -0.540. The van der Waals surface area contributed by atoms with Gasteiger partial charge in [0.25, 0.3) is 0 Å². The average Bonchev–Trinajstić information content (AvgIpc) is 2.09. The van der Waals surface area contributed by atoms with Gasteiger partial charge in [0.15, 0.2) is 0 Å². The van der Waals surface area contributed by atoms with Crippen molar-refractivity contribution in [2.45, 2.75) is 18.4 Å². The van der Waals surface area contributed by atoms with E-state index in [1.807, 2.05) is 13.0 Å². The minimum absolute atomic E-state index is 0.162. The molecule has 0 saturated carbocycles. The van der Waals surface area contributed by atoms with Crippen LogP contribution in [-0.4, -0.2) is 5.75 Å². The number of halogens is 1. The topological polar surface area (TPSA) is 26.0 Å². The molecular formula is C9H12FNS. The van der Waals surface area contributed by atoms with E-state index in [1.165, 1.54) is 17.8 Å². The lowest BCUT2D eigenvalue weighted by Crippen LogP contribution is -1.96. The molecule has 0 spiro atoms. The molecule has 0 fully saturated rings. The fourth-order valence-corrected chi connectivity index (χ4v) is 1.62. The average molecular weight is 185 g/mol. The van der Waals surface area contributed by atoms with Crippen molar-refractivity contribution in [3.8, 4) is 0 Å².